The summed E-state index contributed by atoms with van der Waals surface area (Å²) >= 11 is 0. The zero-order valence-corrected chi connectivity index (χ0v) is 16.2. The number of methoxy groups -OCH3 is 1. The van der Waals surface area contributed by atoms with Gasteiger partial charge < -0.3 is 20.3 Å². The number of ether oxygens (including phenoxy) is 1. The molecule has 1 aliphatic rings. The van der Waals surface area contributed by atoms with Crippen LogP contribution in [0, 0.1) is 0 Å². The first-order chi connectivity index (χ1) is 12.3. The standard InChI is InChI=1S/C19H30N4O3/c1-19(2,3)21-17(24)14-22-10-7-11-23(13-12-22)18(25)20-15-8-5-6-9-16(15)26-4/h5-6,8-9H,7,10-14H2,1-4H3,(H,20,25)(H,21,24). The van der Waals surface area contributed by atoms with E-state index in [4.69, 9.17) is 4.74 Å². The van der Waals surface area contributed by atoms with E-state index in [1.165, 1.54) is 0 Å². The maximum Gasteiger partial charge on any atom is 0.321 e. The van der Waals surface area contributed by atoms with E-state index >= 15 is 0 Å². The van der Waals surface area contributed by atoms with Gasteiger partial charge in [0.25, 0.3) is 0 Å². The zero-order valence-electron chi connectivity index (χ0n) is 16.2. The highest BCUT2D eigenvalue weighted by atomic mass is 16.5. The molecule has 2 N–H and O–H groups in total. The lowest BCUT2D eigenvalue weighted by Gasteiger charge is -2.25. The Morgan fingerprint density at radius 3 is 2.54 bits per heavy atom. The van der Waals surface area contributed by atoms with Gasteiger partial charge in [0.1, 0.15) is 5.75 Å². The molecule has 1 aromatic rings. The average Bonchev–Trinajstić information content (AvgIpc) is 2.79. The van der Waals surface area contributed by atoms with Crippen LogP contribution in [0.2, 0.25) is 0 Å². The number of rotatable bonds is 4. The normalized spacial score (nSPS) is 15.9. The first-order valence-electron chi connectivity index (χ1n) is 9.01. The molecule has 7 heteroatoms. The van der Waals surface area contributed by atoms with Crippen molar-refractivity contribution in [2.24, 2.45) is 0 Å². The number of hydrogen-bond donors (Lipinski definition) is 2. The Bertz CT molecular complexity index is 627. The van der Waals surface area contributed by atoms with Crippen LogP contribution in [0.3, 0.4) is 0 Å². The summed E-state index contributed by atoms with van der Waals surface area (Å²) in [6.07, 6.45) is 0.835. The van der Waals surface area contributed by atoms with Gasteiger partial charge in [-0.25, -0.2) is 4.79 Å². The smallest absolute Gasteiger partial charge is 0.321 e. The maximum absolute atomic E-state index is 12.6. The molecule has 1 saturated heterocycles. The molecule has 0 spiro atoms. The molecular weight excluding hydrogens is 332 g/mol. The highest BCUT2D eigenvalue weighted by molar-refractivity contribution is 5.91. The van der Waals surface area contributed by atoms with E-state index in [2.05, 4.69) is 15.5 Å². The largest absolute Gasteiger partial charge is 0.495 e. The number of amides is 3. The van der Waals surface area contributed by atoms with Gasteiger partial charge in [-0.1, -0.05) is 12.1 Å². The van der Waals surface area contributed by atoms with Crippen LogP contribution in [0.25, 0.3) is 0 Å². The van der Waals surface area contributed by atoms with E-state index in [1.807, 2.05) is 45.0 Å². The summed E-state index contributed by atoms with van der Waals surface area (Å²) in [6.45, 7) is 9.00. The first-order valence-corrected chi connectivity index (χ1v) is 9.01. The minimum absolute atomic E-state index is 0.0180. The van der Waals surface area contributed by atoms with Gasteiger partial charge in [0.05, 0.1) is 19.3 Å². The van der Waals surface area contributed by atoms with Crippen LogP contribution < -0.4 is 15.4 Å². The van der Waals surface area contributed by atoms with E-state index in [9.17, 15) is 9.59 Å². The van der Waals surface area contributed by atoms with E-state index < -0.39 is 0 Å². The van der Waals surface area contributed by atoms with Crippen molar-refractivity contribution in [1.29, 1.82) is 0 Å². The molecule has 1 aromatic carbocycles. The van der Waals surface area contributed by atoms with Crippen LogP contribution in [0.5, 0.6) is 5.75 Å². The summed E-state index contributed by atoms with van der Waals surface area (Å²) in [6, 6.07) is 7.21. The van der Waals surface area contributed by atoms with Crippen LogP contribution >= 0.6 is 0 Å². The predicted molar refractivity (Wildman–Crippen MR) is 103 cm³/mol. The quantitative estimate of drug-likeness (QED) is 0.861. The van der Waals surface area contributed by atoms with E-state index in [0.29, 0.717) is 37.6 Å². The fourth-order valence-corrected chi connectivity index (χ4v) is 2.94. The van der Waals surface area contributed by atoms with E-state index in [-0.39, 0.29) is 17.5 Å². The lowest BCUT2D eigenvalue weighted by atomic mass is 10.1. The second kappa shape index (κ2) is 8.89. The molecule has 0 bridgehead atoms. The van der Waals surface area contributed by atoms with Gasteiger partial charge >= 0.3 is 6.03 Å². The Hall–Kier alpha value is -2.28. The molecular formula is C19H30N4O3. The van der Waals surface area contributed by atoms with Crippen LogP contribution in [-0.2, 0) is 4.79 Å². The van der Waals surface area contributed by atoms with Crippen molar-refractivity contribution in [3.05, 3.63) is 24.3 Å². The second-order valence-electron chi connectivity index (χ2n) is 7.55. The highest BCUT2D eigenvalue weighted by Crippen LogP contribution is 2.23. The molecule has 144 valence electrons. The monoisotopic (exact) mass is 362 g/mol. The van der Waals surface area contributed by atoms with Gasteiger partial charge in [0.15, 0.2) is 0 Å². The van der Waals surface area contributed by atoms with Crippen LogP contribution in [0.4, 0.5) is 10.5 Å². The molecule has 7 nitrogen and oxygen atoms in total. The first kappa shape index (κ1) is 20.0. The van der Waals surface area contributed by atoms with Gasteiger partial charge in [-0.15, -0.1) is 0 Å². The number of hydrogen-bond acceptors (Lipinski definition) is 4. The number of carbonyl (C=O) groups excluding carboxylic acids is 2. The molecule has 3 amide bonds. The summed E-state index contributed by atoms with van der Waals surface area (Å²) in [5, 5.41) is 5.89. The lowest BCUT2D eigenvalue weighted by molar-refractivity contribution is -0.123. The number of nitrogens with zero attached hydrogens (tertiary/aromatic N) is 2. The number of para-hydroxylation sites is 2. The minimum Gasteiger partial charge on any atom is -0.495 e. The minimum atomic E-state index is -0.233. The van der Waals surface area contributed by atoms with Crippen LogP contribution in [-0.4, -0.2) is 67.1 Å². The molecule has 0 saturated carbocycles. The third-order valence-corrected chi connectivity index (χ3v) is 4.11. The lowest BCUT2D eigenvalue weighted by Crippen LogP contribution is -2.46. The van der Waals surface area contributed by atoms with Crippen molar-refractivity contribution in [1.82, 2.24) is 15.1 Å². The van der Waals surface area contributed by atoms with Crippen molar-refractivity contribution >= 4 is 17.6 Å². The third-order valence-electron chi connectivity index (χ3n) is 4.11. The maximum atomic E-state index is 12.6. The number of nitrogens with one attached hydrogen (secondary N) is 2. The average molecular weight is 362 g/mol. The van der Waals surface area contributed by atoms with Crippen molar-refractivity contribution < 1.29 is 14.3 Å². The Balaban J connectivity index is 1.87. The number of anilines is 1. The SMILES string of the molecule is COc1ccccc1NC(=O)N1CCCN(CC(=O)NC(C)(C)C)CC1. The molecule has 0 aromatic heterocycles. The Kier molecular flexibility index (Phi) is 6.85. The highest BCUT2D eigenvalue weighted by Gasteiger charge is 2.22. The molecule has 0 unspecified atom stereocenters. The van der Waals surface area contributed by atoms with Gasteiger partial charge in [0.2, 0.25) is 5.91 Å². The van der Waals surface area contributed by atoms with Gasteiger partial charge in [-0.05, 0) is 39.3 Å². The number of benzene rings is 1. The Labute approximate surface area is 155 Å². The Morgan fingerprint density at radius 1 is 1.12 bits per heavy atom. The topological polar surface area (TPSA) is 73.9 Å². The van der Waals surface area contributed by atoms with Crippen LogP contribution in [0.1, 0.15) is 27.2 Å². The number of urea groups is 1. The summed E-state index contributed by atoms with van der Waals surface area (Å²) in [4.78, 5) is 28.6. The fraction of sp³-hybridized carbons (Fsp3) is 0.579. The van der Waals surface area contributed by atoms with Crippen molar-refractivity contribution in [2.45, 2.75) is 32.7 Å². The molecule has 1 fully saturated rings. The molecule has 1 aliphatic heterocycles. The summed E-state index contributed by atoms with van der Waals surface area (Å²) < 4.78 is 5.27. The molecule has 0 aliphatic carbocycles. The van der Waals surface area contributed by atoms with Crippen LogP contribution in [0.15, 0.2) is 24.3 Å². The molecule has 1 heterocycles. The van der Waals surface area contributed by atoms with Gasteiger partial charge in [-0.2, -0.15) is 0 Å². The molecule has 26 heavy (non-hydrogen) atoms. The summed E-state index contributed by atoms with van der Waals surface area (Å²) in [5.74, 6) is 0.653. The zero-order chi connectivity index (χ0) is 19.2. The Morgan fingerprint density at radius 2 is 1.85 bits per heavy atom. The van der Waals surface area contributed by atoms with E-state index in [1.54, 1.807) is 12.0 Å². The van der Waals surface area contributed by atoms with Crippen molar-refractivity contribution in [3.8, 4) is 5.75 Å². The van der Waals surface area contributed by atoms with Crippen molar-refractivity contribution in [3.63, 3.8) is 0 Å². The third kappa shape index (κ3) is 6.22. The molecule has 2 rings (SSSR count). The summed E-state index contributed by atoms with van der Waals surface area (Å²) in [7, 11) is 1.58. The second-order valence-corrected chi connectivity index (χ2v) is 7.55. The molecule has 0 radical (unpaired) electrons. The van der Waals surface area contributed by atoms with Crippen molar-refractivity contribution in [2.75, 3.05) is 45.2 Å². The van der Waals surface area contributed by atoms with Gasteiger partial charge in [0, 0.05) is 31.7 Å². The van der Waals surface area contributed by atoms with Gasteiger partial charge in [-0.3, -0.25) is 9.69 Å². The predicted octanol–water partition coefficient (Wildman–Crippen LogP) is 2.15. The number of carbonyl (C=O) groups is 2. The van der Waals surface area contributed by atoms with E-state index in [0.717, 1.165) is 13.0 Å². The fourth-order valence-electron chi connectivity index (χ4n) is 2.94. The summed E-state index contributed by atoms with van der Waals surface area (Å²) in [5.41, 5.74) is 0.425. The molecule has 0 atom stereocenters.